The second-order valence-corrected chi connectivity index (χ2v) is 10.5. The Morgan fingerprint density at radius 2 is 1.74 bits per heavy atom. The Kier molecular flexibility index (Phi) is 8.76. The molecule has 11 heteroatoms. The maximum atomic E-state index is 13.3. The standard InChI is InChI=1S/C20H22BrCl2N3O4S/c1-13(20(28)24-2)25(11-14-4-6-15(21)7-5-14)19(27)12-26(31(3,29)30)18-10-16(22)8-9-17(18)23/h4-10,13H,11-12H2,1-3H3,(H,24,28)/t13-/m0/s1. The van der Waals surface area contributed by atoms with Crippen molar-refractivity contribution in [2.75, 3.05) is 24.2 Å². The van der Waals surface area contributed by atoms with E-state index in [-0.39, 0.29) is 28.2 Å². The van der Waals surface area contributed by atoms with Crippen molar-refractivity contribution in [2.24, 2.45) is 0 Å². The highest BCUT2D eigenvalue weighted by molar-refractivity contribution is 9.10. The lowest BCUT2D eigenvalue weighted by Crippen LogP contribution is -2.50. The number of hydrogen-bond acceptors (Lipinski definition) is 4. The third kappa shape index (κ3) is 6.83. The second kappa shape index (κ2) is 10.7. The summed E-state index contributed by atoms with van der Waals surface area (Å²) in [7, 11) is -2.41. The van der Waals surface area contributed by atoms with Gasteiger partial charge in [0.2, 0.25) is 21.8 Å². The van der Waals surface area contributed by atoms with Gasteiger partial charge in [0.05, 0.1) is 17.0 Å². The predicted octanol–water partition coefficient (Wildman–Crippen LogP) is 3.69. The topological polar surface area (TPSA) is 86.8 Å². The molecule has 0 fully saturated rings. The van der Waals surface area contributed by atoms with Gasteiger partial charge in [-0.05, 0) is 42.8 Å². The first-order chi connectivity index (χ1) is 14.4. The van der Waals surface area contributed by atoms with E-state index in [0.717, 1.165) is 20.6 Å². The first-order valence-corrected chi connectivity index (χ1v) is 12.5. The number of sulfonamides is 1. The molecular formula is C20H22BrCl2N3O4S. The molecule has 2 amide bonds. The number of anilines is 1. The van der Waals surface area contributed by atoms with Crippen molar-refractivity contribution < 1.29 is 18.0 Å². The van der Waals surface area contributed by atoms with Gasteiger partial charge in [0, 0.05) is 23.1 Å². The molecule has 0 aliphatic carbocycles. The van der Waals surface area contributed by atoms with Crippen molar-refractivity contribution in [2.45, 2.75) is 19.5 Å². The number of nitrogens with zero attached hydrogens (tertiary/aromatic N) is 2. The zero-order chi connectivity index (χ0) is 23.3. The molecule has 0 aromatic heterocycles. The van der Waals surface area contributed by atoms with Crippen LogP contribution in [0.2, 0.25) is 10.0 Å². The average molecular weight is 551 g/mol. The van der Waals surface area contributed by atoms with Crippen molar-refractivity contribution in [1.82, 2.24) is 10.2 Å². The molecule has 0 spiro atoms. The van der Waals surface area contributed by atoms with Gasteiger partial charge in [-0.3, -0.25) is 13.9 Å². The molecule has 0 saturated carbocycles. The van der Waals surface area contributed by atoms with Crippen LogP contribution in [0.15, 0.2) is 46.9 Å². The maximum Gasteiger partial charge on any atom is 0.244 e. The van der Waals surface area contributed by atoms with Gasteiger partial charge in [-0.1, -0.05) is 51.3 Å². The number of halogens is 3. The smallest absolute Gasteiger partial charge is 0.244 e. The molecule has 7 nitrogen and oxygen atoms in total. The summed E-state index contributed by atoms with van der Waals surface area (Å²) < 4.78 is 26.7. The van der Waals surface area contributed by atoms with Gasteiger partial charge in [-0.15, -0.1) is 0 Å². The van der Waals surface area contributed by atoms with Crippen LogP contribution in [0.3, 0.4) is 0 Å². The number of carbonyl (C=O) groups excluding carboxylic acids is 2. The number of nitrogens with one attached hydrogen (secondary N) is 1. The van der Waals surface area contributed by atoms with E-state index >= 15 is 0 Å². The molecule has 0 saturated heterocycles. The summed E-state index contributed by atoms with van der Waals surface area (Å²) in [5.74, 6) is -0.947. The van der Waals surface area contributed by atoms with E-state index in [9.17, 15) is 18.0 Å². The minimum atomic E-state index is -3.88. The summed E-state index contributed by atoms with van der Waals surface area (Å²) in [6.07, 6.45) is 0.971. The van der Waals surface area contributed by atoms with Gasteiger partial charge in [0.15, 0.2) is 0 Å². The molecule has 0 heterocycles. The summed E-state index contributed by atoms with van der Waals surface area (Å²) in [6.45, 7) is 1.14. The SMILES string of the molecule is CNC(=O)[C@H](C)N(Cc1ccc(Br)cc1)C(=O)CN(c1cc(Cl)ccc1Cl)S(C)(=O)=O. The summed E-state index contributed by atoms with van der Waals surface area (Å²) >= 11 is 15.5. The van der Waals surface area contributed by atoms with Crippen LogP contribution in [0.4, 0.5) is 5.69 Å². The Morgan fingerprint density at radius 3 is 2.29 bits per heavy atom. The van der Waals surface area contributed by atoms with E-state index in [1.807, 2.05) is 24.3 Å². The number of likely N-dealkylation sites (N-methyl/N-ethyl adjacent to an activating group) is 1. The molecule has 0 radical (unpaired) electrons. The quantitative estimate of drug-likeness (QED) is 0.543. The van der Waals surface area contributed by atoms with Crippen LogP contribution in [-0.4, -0.2) is 51.0 Å². The van der Waals surface area contributed by atoms with Crippen molar-refractivity contribution >= 4 is 66.7 Å². The van der Waals surface area contributed by atoms with Crippen LogP contribution < -0.4 is 9.62 Å². The minimum absolute atomic E-state index is 0.0844. The van der Waals surface area contributed by atoms with Crippen LogP contribution >= 0.6 is 39.1 Å². The Balaban J connectivity index is 2.42. The van der Waals surface area contributed by atoms with E-state index in [1.54, 1.807) is 6.92 Å². The lowest BCUT2D eigenvalue weighted by atomic mass is 10.1. The molecule has 168 valence electrons. The molecule has 0 aliphatic rings. The third-order valence-electron chi connectivity index (χ3n) is 4.54. The van der Waals surface area contributed by atoms with Gasteiger partial charge in [-0.2, -0.15) is 0 Å². The third-order valence-corrected chi connectivity index (χ3v) is 6.75. The van der Waals surface area contributed by atoms with Crippen LogP contribution in [-0.2, 0) is 26.2 Å². The van der Waals surface area contributed by atoms with E-state index < -0.39 is 28.5 Å². The summed E-state index contributed by atoms with van der Waals surface area (Å²) in [5.41, 5.74) is 0.861. The molecule has 2 aromatic carbocycles. The number of carbonyl (C=O) groups is 2. The first-order valence-electron chi connectivity index (χ1n) is 9.12. The molecule has 31 heavy (non-hydrogen) atoms. The fourth-order valence-electron chi connectivity index (χ4n) is 2.85. The number of rotatable bonds is 8. The largest absolute Gasteiger partial charge is 0.357 e. The van der Waals surface area contributed by atoms with Crippen LogP contribution in [0.5, 0.6) is 0 Å². The summed E-state index contributed by atoms with van der Waals surface area (Å²) in [6, 6.07) is 10.8. The lowest BCUT2D eigenvalue weighted by molar-refractivity contribution is -0.139. The normalized spacial score (nSPS) is 12.2. The van der Waals surface area contributed by atoms with E-state index in [0.29, 0.717) is 0 Å². The highest BCUT2D eigenvalue weighted by atomic mass is 79.9. The van der Waals surface area contributed by atoms with E-state index in [1.165, 1.54) is 30.1 Å². The number of benzene rings is 2. The maximum absolute atomic E-state index is 13.3. The summed E-state index contributed by atoms with van der Waals surface area (Å²) in [4.78, 5) is 26.8. The molecule has 0 aliphatic heterocycles. The minimum Gasteiger partial charge on any atom is -0.357 e. The highest BCUT2D eigenvalue weighted by Crippen LogP contribution is 2.31. The zero-order valence-electron chi connectivity index (χ0n) is 17.1. The molecule has 2 rings (SSSR count). The Morgan fingerprint density at radius 1 is 1.13 bits per heavy atom. The van der Waals surface area contributed by atoms with Gasteiger partial charge in [-0.25, -0.2) is 8.42 Å². The molecule has 1 atom stereocenters. The van der Waals surface area contributed by atoms with Gasteiger partial charge in [0.1, 0.15) is 12.6 Å². The highest BCUT2D eigenvalue weighted by Gasteiger charge is 2.30. The Bertz CT molecular complexity index is 1060. The van der Waals surface area contributed by atoms with E-state index in [4.69, 9.17) is 23.2 Å². The number of hydrogen-bond donors (Lipinski definition) is 1. The average Bonchev–Trinajstić information content (AvgIpc) is 2.71. The molecular weight excluding hydrogens is 529 g/mol. The fraction of sp³-hybridized carbons (Fsp3) is 0.300. The van der Waals surface area contributed by atoms with Gasteiger partial charge < -0.3 is 10.2 Å². The molecule has 0 bridgehead atoms. The van der Waals surface area contributed by atoms with Crippen molar-refractivity contribution in [3.8, 4) is 0 Å². The monoisotopic (exact) mass is 549 g/mol. The zero-order valence-corrected chi connectivity index (χ0v) is 21.0. The van der Waals surface area contributed by atoms with Gasteiger partial charge >= 0.3 is 0 Å². The Labute approximate surface area is 200 Å². The predicted molar refractivity (Wildman–Crippen MR) is 127 cm³/mol. The van der Waals surface area contributed by atoms with Crippen molar-refractivity contribution in [1.29, 1.82) is 0 Å². The second-order valence-electron chi connectivity index (χ2n) is 6.80. The van der Waals surface area contributed by atoms with Crippen LogP contribution in [0.1, 0.15) is 12.5 Å². The van der Waals surface area contributed by atoms with E-state index in [2.05, 4.69) is 21.2 Å². The summed E-state index contributed by atoms with van der Waals surface area (Å²) in [5, 5.41) is 2.91. The van der Waals surface area contributed by atoms with Gasteiger partial charge in [0.25, 0.3) is 0 Å². The fourth-order valence-corrected chi connectivity index (χ4v) is 4.40. The molecule has 2 aromatic rings. The van der Waals surface area contributed by atoms with Crippen molar-refractivity contribution in [3.05, 3.63) is 62.5 Å². The van der Waals surface area contributed by atoms with Crippen LogP contribution in [0, 0.1) is 0 Å². The van der Waals surface area contributed by atoms with Crippen molar-refractivity contribution in [3.63, 3.8) is 0 Å². The lowest BCUT2D eigenvalue weighted by Gasteiger charge is -2.31. The number of amides is 2. The molecule has 1 N–H and O–H groups in total. The molecule has 0 unspecified atom stereocenters. The van der Waals surface area contributed by atoms with Crippen LogP contribution in [0.25, 0.3) is 0 Å². The Hall–Kier alpha value is -1.81. The first kappa shape index (κ1) is 25.5.